The minimum atomic E-state index is -0.910. The zero-order valence-electron chi connectivity index (χ0n) is 10.5. The maximum Gasteiger partial charge on any atom is 0.305 e. The molecular weight excluding hydrogens is 250 g/mol. The summed E-state index contributed by atoms with van der Waals surface area (Å²) in [4.78, 5) is 14.8. The van der Waals surface area contributed by atoms with E-state index in [2.05, 4.69) is 20.5 Å². The maximum absolute atomic E-state index is 10.8. The third kappa shape index (κ3) is 2.67. The number of pyridine rings is 1. The van der Waals surface area contributed by atoms with E-state index in [-0.39, 0.29) is 12.5 Å². The number of aliphatic carboxylic acids is 1. The molecule has 1 atom stereocenters. The molecule has 100 valence electrons. The van der Waals surface area contributed by atoms with E-state index in [1.807, 2.05) is 0 Å². The van der Waals surface area contributed by atoms with Crippen LogP contribution in [0.3, 0.4) is 0 Å². The zero-order chi connectivity index (χ0) is 13.8. The highest BCUT2D eigenvalue weighted by atomic mass is 16.5. The number of carboxylic acid groups (broad SMARTS) is 1. The molecule has 2 rings (SSSR count). The molecule has 2 aromatic rings. The standard InChI is InChI=1S/C11H13N5O3/c1-7(6-9(17)18)16-10(13-14-15-16)8-4-3-5-12-11(8)19-2/h3-5,7H,6H2,1-2H3,(H,17,18). The van der Waals surface area contributed by atoms with E-state index in [0.717, 1.165) is 0 Å². The fraction of sp³-hybridized carbons (Fsp3) is 0.364. The normalized spacial score (nSPS) is 12.1. The van der Waals surface area contributed by atoms with Gasteiger partial charge in [-0.15, -0.1) is 5.10 Å². The van der Waals surface area contributed by atoms with E-state index in [1.54, 1.807) is 25.3 Å². The fourth-order valence-electron chi connectivity index (χ4n) is 1.73. The lowest BCUT2D eigenvalue weighted by molar-refractivity contribution is -0.137. The molecule has 0 spiro atoms. The summed E-state index contributed by atoms with van der Waals surface area (Å²) in [6.45, 7) is 1.73. The molecule has 0 fully saturated rings. The number of aromatic nitrogens is 5. The summed E-state index contributed by atoms with van der Waals surface area (Å²) < 4.78 is 6.60. The van der Waals surface area contributed by atoms with Gasteiger partial charge in [-0.3, -0.25) is 4.79 Å². The highest BCUT2D eigenvalue weighted by Gasteiger charge is 2.19. The van der Waals surface area contributed by atoms with Crippen LogP contribution in [0.1, 0.15) is 19.4 Å². The molecule has 19 heavy (non-hydrogen) atoms. The third-order valence-electron chi connectivity index (χ3n) is 2.59. The van der Waals surface area contributed by atoms with Gasteiger partial charge in [-0.25, -0.2) is 9.67 Å². The van der Waals surface area contributed by atoms with E-state index in [9.17, 15) is 4.79 Å². The van der Waals surface area contributed by atoms with Gasteiger partial charge in [0.1, 0.15) is 0 Å². The topological polar surface area (TPSA) is 103 Å². The average Bonchev–Trinajstić information content (AvgIpc) is 2.87. The van der Waals surface area contributed by atoms with Gasteiger partial charge in [0.15, 0.2) is 5.82 Å². The van der Waals surface area contributed by atoms with Gasteiger partial charge in [-0.1, -0.05) is 0 Å². The number of nitrogens with zero attached hydrogens (tertiary/aromatic N) is 5. The summed E-state index contributed by atoms with van der Waals surface area (Å²) in [5.74, 6) is -0.0909. The van der Waals surface area contributed by atoms with Crippen molar-refractivity contribution in [1.29, 1.82) is 0 Å². The first-order valence-electron chi connectivity index (χ1n) is 5.62. The van der Waals surface area contributed by atoms with Crippen molar-refractivity contribution in [2.24, 2.45) is 0 Å². The van der Waals surface area contributed by atoms with Crippen LogP contribution in [0.5, 0.6) is 5.88 Å². The fourth-order valence-corrected chi connectivity index (χ4v) is 1.73. The molecule has 2 heterocycles. The Morgan fingerprint density at radius 3 is 3.05 bits per heavy atom. The molecule has 0 aliphatic rings. The Bertz CT molecular complexity index is 583. The quantitative estimate of drug-likeness (QED) is 0.850. The number of carboxylic acids is 1. The Morgan fingerprint density at radius 2 is 2.37 bits per heavy atom. The number of hydrogen-bond acceptors (Lipinski definition) is 6. The first-order chi connectivity index (χ1) is 9.13. The molecule has 0 bridgehead atoms. The van der Waals surface area contributed by atoms with Crippen LogP contribution in [0.25, 0.3) is 11.4 Å². The molecule has 0 saturated heterocycles. The number of rotatable bonds is 5. The van der Waals surface area contributed by atoms with Crippen LogP contribution in [0.4, 0.5) is 0 Å². The van der Waals surface area contributed by atoms with Crippen LogP contribution in [0.15, 0.2) is 18.3 Å². The summed E-state index contributed by atoms with van der Waals surface area (Å²) in [6.07, 6.45) is 1.53. The largest absolute Gasteiger partial charge is 0.481 e. The molecule has 1 unspecified atom stereocenters. The van der Waals surface area contributed by atoms with Gasteiger partial charge in [-0.2, -0.15) is 0 Å². The van der Waals surface area contributed by atoms with Crippen molar-refractivity contribution in [1.82, 2.24) is 25.2 Å². The van der Waals surface area contributed by atoms with Crippen LogP contribution in [0, 0.1) is 0 Å². The van der Waals surface area contributed by atoms with Gasteiger partial charge < -0.3 is 9.84 Å². The minimum absolute atomic E-state index is 0.0688. The first-order valence-corrected chi connectivity index (χ1v) is 5.62. The SMILES string of the molecule is COc1ncccc1-c1nnnn1C(C)CC(=O)O. The highest BCUT2D eigenvalue weighted by molar-refractivity contribution is 5.67. The molecule has 8 nitrogen and oxygen atoms in total. The molecule has 0 amide bonds. The van der Waals surface area contributed by atoms with E-state index >= 15 is 0 Å². The summed E-state index contributed by atoms with van der Waals surface area (Å²) >= 11 is 0. The second-order valence-corrected chi connectivity index (χ2v) is 3.95. The van der Waals surface area contributed by atoms with Gasteiger partial charge in [0.25, 0.3) is 0 Å². The average molecular weight is 263 g/mol. The second kappa shape index (κ2) is 5.42. The van der Waals surface area contributed by atoms with Gasteiger partial charge in [-0.05, 0) is 29.5 Å². The monoisotopic (exact) mass is 263 g/mol. The smallest absolute Gasteiger partial charge is 0.305 e. The van der Waals surface area contributed by atoms with Gasteiger partial charge in [0.05, 0.1) is 25.1 Å². The Morgan fingerprint density at radius 1 is 1.58 bits per heavy atom. The van der Waals surface area contributed by atoms with Crippen molar-refractivity contribution in [3.63, 3.8) is 0 Å². The Hall–Kier alpha value is -2.51. The highest BCUT2D eigenvalue weighted by Crippen LogP contribution is 2.27. The van der Waals surface area contributed by atoms with Crippen molar-refractivity contribution < 1.29 is 14.6 Å². The predicted molar refractivity (Wildman–Crippen MR) is 64.6 cm³/mol. The van der Waals surface area contributed by atoms with Gasteiger partial charge in [0.2, 0.25) is 5.88 Å². The number of tetrazole rings is 1. The van der Waals surface area contributed by atoms with E-state index in [0.29, 0.717) is 17.3 Å². The molecule has 0 radical (unpaired) electrons. The minimum Gasteiger partial charge on any atom is -0.481 e. The van der Waals surface area contributed by atoms with E-state index in [1.165, 1.54) is 11.8 Å². The third-order valence-corrected chi connectivity index (χ3v) is 2.59. The number of ether oxygens (including phenoxy) is 1. The van der Waals surface area contributed by atoms with Crippen LogP contribution in [0.2, 0.25) is 0 Å². The first kappa shape index (κ1) is 12.9. The molecule has 8 heteroatoms. The lowest BCUT2D eigenvalue weighted by atomic mass is 10.2. The van der Waals surface area contributed by atoms with Gasteiger partial charge in [0, 0.05) is 6.20 Å². The van der Waals surface area contributed by atoms with Crippen molar-refractivity contribution in [3.05, 3.63) is 18.3 Å². The van der Waals surface area contributed by atoms with E-state index in [4.69, 9.17) is 9.84 Å². The van der Waals surface area contributed by atoms with Crippen LogP contribution in [-0.2, 0) is 4.79 Å². The molecular formula is C11H13N5O3. The summed E-state index contributed by atoms with van der Waals surface area (Å²) in [7, 11) is 1.50. The number of hydrogen-bond donors (Lipinski definition) is 1. The van der Waals surface area contributed by atoms with Crippen molar-refractivity contribution in [3.8, 4) is 17.3 Å². The van der Waals surface area contributed by atoms with E-state index < -0.39 is 5.97 Å². The Kier molecular flexibility index (Phi) is 3.69. The Balaban J connectivity index is 2.41. The van der Waals surface area contributed by atoms with Crippen LogP contribution >= 0.6 is 0 Å². The second-order valence-electron chi connectivity index (χ2n) is 3.95. The van der Waals surface area contributed by atoms with Crippen molar-refractivity contribution in [2.45, 2.75) is 19.4 Å². The van der Waals surface area contributed by atoms with Crippen LogP contribution < -0.4 is 4.74 Å². The lowest BCUT2D eigenvalue weighted by Gasteiger charge is -2.12. The number of carbonyl (C=O) groups is 1. The molecule has 1 N–H and O–H groups in total. The summed E-state index contributed by atoms with van der Waals surface area (Å²) in [6, 6.07) is 3.13. The molecule has 2 aromatic heterocycles. The lowest BCUT2D eigenvalue weighted by Crippen LogP contribution is -2.13. The summed E-state index contributed by atoms with van der Waals surface area (Å²) in [5.41, 5.74) is 0.618. The van der Waals surface area contributed by atoms with Crippen LogP contribution in [-0.4, -0.2) is 43.4 Å². The molecule has 0 aliphatic carbocycles. The molecule has 0 aliphatic heterocycles. The number of methoxy groups -OCH3 is 1. The maximum atomic E-state index is 10.8. The van der Waals surface area contributed by atoms with Crippen molar-refractivity contribution >= 4 is 5.97 Å². The molecule has 0 saturated carbocycles. The van der Waals surface area contributed by atoms with Gasteiger partial charge >= 0.3 is 5.97 Å². The zero-order valence-corrected chi connectivity index (χ0v) is 10.5. The predicted octanol–water partition coefficient (Wildman–Crippen LogP) is 0.779. The van der Waals surface area contributed by atoms with Crippen molar-refractivity contribution in [2.75, 3.05) is 7.11 Å². The Labute approximate surface area is 109 Å². The summed E-state index contributed by atoms with van der Waals surface area (Å²) in [5, 5.41) is 20.2. The molecule has 0 aromatic carbocycles.